The van der Waals surface area contributed by atoms with Crippen molar-refractivity contribution in [2.75, 3.05) is 0 Å². The highest BCUT2D eigenvalue weighted by Crippen LogP contribution is 2.49. The molecule has 0 amide bonds. The molecule has 2 aliphatic rings. The molecule has 2 rings (SSSR count). The predicted octanol–water partition coefficient (Wildman–Crippen LogP) is 4.22. The van der Waals surface area contributed by atoms with Crippen molar-refractivity contribution in [3.8, 4) is 0 Å². The van der Waals surface area contributed by atoms with Gasteiger partial charge in [-0.05, 0) is 25.7 Å². The molecule has 0 bridgehead atoms. The van der Waals surface area contributed by atoms with E-state index in [2.05, 4.69) is 31.9 Å². The van der Waals surface area contributed by atoms with Gasteiger partial charge in [0.05, 0.1) is 3.23 Å². The van der Waals surface area contributed by atoms with E-state index in [0.29, 0.717) is 3.23 Å². The highest BCUT2D eigenvalue weighted by atomic mass is 79.9. The minimum Gasteiger partial charge on any atom is -0.102 e. The van der Waals surface area contributed by atoms with Gasteiger partial charge in [-0.3, -0.25) is 0 Å². The van der Waals surface area contributed by atoms with E-state index in [0.717, 1.165) is 12.8 Å². The number of hydrogen-bond donors (Lipinski definition) is 0. The van der Waals surface area contributed by atoms with Gasteiger partial charge < -0.3 is 0 Å². The molecule has 2 saturated carbocycles. The monoisotopic (exact) mass is 308 g/mol. The number of rotatable bonds is 0. The highest BCUT2D eigenvalue weighted by Gasteiger charge is 2.37. The smallest absolute Gasteiger partial charge is 0.102 e. The first-order chi connectivity index (χ1) is 4.41. The van der Waals surface area contributed by atoms with Crippen molar-refractivity contribution in [2.45, 2.75) is 33.3 Å². The molecule has 0 aromatic rings. The molecule has 0 nitrogen and oxygen atoms in total. The standard InChI is InChI=1S/C3H4Br2.C3H4Cl2/c2*4-3(5)1-2-3/h2*1-2H2. The van der Waals surface area contributed by atoms with Crippen molar-refractivity contribution in [2.24, 2.45) is 0 Å². The van der Waals surface area contributed by atoms with Crippen LogP contribution in [0.25, 0.3) is 0 Å². The van der Waals surface area contributed by atoms with Gasteiger partial charge in [-0.25, -0.2) is 0 Å². The summed E-state index contributed by atoms with van der Waals surface area (Å²) in [6.07, 6.45) is 4.53. The van der Waals surface area contributed by atoms with Crippen LogP contribution in [-0.2, 0) is 0 Å². The molecule has 0 atom stereocenters. The van der Waals surface area contributed by atoms with E-state index in [1.165, 1.54) is 12.8 Å². The van der Waals surface area contributed by atoms with Crippen LogP contribution in [0.2, 0.25) is 0 Å². The number of hydrogen-bond acceptors (Lipinski definition) is 0. The molecule has 0 aliphatic heterocycles. The van der Waals surface area contributed by atoms with Crippen LogP contribution in [0, 0.1) is 0 Å². The molecule has 0 radical (unpaired) electrons. The van der Waals surface area contributed by atoms with Crippen LogP contribution in [0.1, 0.15) is 25.7 Å². The van der Waals surface area contributed by atoms with Crippen LogP contribution in [0.15, 0.2) is 0 Å². The minimum atomic E-state index is -0.306. The van der Waals surface area contributed by atoms with Crippen molar-refractivity contribution in [3.63, 3.8) is 0 Å². The Morgan fingerprint density at radius 1 is 0.900 bits per heavy atom. The Kier molecular flexibility index (Phi) is 3.00. The minimum absolute atomic E-state index is 0.306. The molecule has 2 fully saturated rings. The summed E-state index contributed by atoms with van der Waals surface area (Å²) in [6.45, 7) is 0. The summed E-state index contributed by atoms with van der Waals surface area (Å²) in [5, 5.41) is 0. The SMILES string of the molecule is BrC1(Br)CC1.ClC1(Cl)CC1. The second-order valence-corrected chi connectivity index (χ2v) is 8.45. The van der Waals surface area contributed by atoms with Gasteiger partial charge in [0.25, 0.3) is 0 Å². The first-order valence-electron chi connectivity index (χ1n) is 3.17. The van der Waals surface area contributed by atoms with Gasteiger partial charge in [-0.2, -0.15) is 0 Å². The Balaban J connectivity index is 0.0000001000. The van der Waals surface area contributed by atoms with Crippen molar-refractivity contribution < 1.29 is 0 Å². The Morgan fingerprint density at radius 3 is 1.10 bits per heavy atom. The number of halogens is 4. The Hall–Kier alpha value is 1.54. The summed E-state index contributed by atoms with van der Waals surface area (Å²) in [5.41, 5.74) is 0. The molecule has 0 heterocycles. The normalized spacial score (nSPS) is 30.0. The second-order valence-electron chi connectivity index (χ2n) is 2.71. The summed E-state index contributed by atoms with van der Waals surface area (Å²) in [4.78, 5) is 0. The maximum atomic E-state index is 5.41. The zero-order valence-electron chi connectivity index (χ0n) is 5.34. The largest absolute Gasteiger partial charge is 0.118 e. The van der Waals surface area contributed by atoms with Gasteiger partial charge >= 0.3 is 0 Å². The summed E-state index contributed by atoms with van der Waals surface area (Å²) < 4.78 is 0.0694. The van der Waals surface area contributed by atoms with Crippen LogP contribution in [0.5, 0.6) is 0 Å². The third-order valence-corrected chi connectivity index (χ3v) is 3.60. The van der Waals surface area contributed by atoms with Crippen molar-refractivity contribution in [1.29, 1.82) is 0 Å². The van der Waals surface area contributed by atoms with Crippen molar-refractivity contribution in [3.05, 3.63) is 0 Å². The molecule has 2 aliphatic carbocycles. The average Bonchev–Trinajstić information content (AvgIpc) is 2.56. The fourth-order valence-electron chi connectivity index (χ4n) is 0.189. The highest BCUT2D eigenvalue weighted by molar-refractivity contribution is 9.25. The fraction of sp³-hybridized carbons (Fsp3) is 1.00. The molecule has 4 heteroatoms. The van der Waals surface area contributed by atoms with Gasteiger partial charge in [0.15, 0.2) is 0 Å². The average molecular weight is 311 g/mol. The lowest BCUT2D eigenvalue weighted by atomic mass is 11.0. The van der Waals surface area contributed by atoms with E-state index in [9.17, 15) is 0 Å². The Labute approximate surface area is 87.9 Å². The molecule has 0 spiro atoms. The van der Waals surface area contributed by atoms with Gasteiger partial charge in [0.1, 0.15) is 4.33 Å². The first-order valence-corrected chi connectivity index (χ1v) is 5.51. The summed E-state index contributed by atoms with van der Waals surface area (Å²) in [7, 11) is 0. The molecule has 0 aromatic heterocycles. The topological polar surface area (TPSA) is 0 Å². The quantitative estimate of drug-likeness (QED) is 0.588. The third kappa shape index (κ3) is 5.22. The Morgan fingerprint density at radius 2 is 1.10 bits per heavy atom. The molecule has 0 unspecified atom stereocenters. The molecular weight excluding hydrogens is 303 g/mol. The van der Waals surface area contributed by atoms with E-state index in [1.54, 1.807) is 0 Å². The lowest BCUT2D eigenvalue weighted by Crippen LogP contribution is -1.73. The maximum Gasteiger partial charge on any atom is 0.118 e. The summed E-state index contributed by atoms with van der Waals surface area (Å²) in [6, 6.07) is 0. The lowest BCUT2D eigenvalue weighted by molar-refractivity contribution is 1.36. The molecule has 0 saturated heterocycles. The van der Waals surface area contributed by atoms with Crippen LogP contribution in [0.3, 0.4) is 0 Å². The van der Waals surface area contributed by atoms with E-state index < -0.39 is 0 Å². The van der Waals surface area contributed by atoms with Crippen molar-refractivity contribution >= 4 is 55.1 Å². The molecule has 10 heavy (non-hydrogen) atoms. The lowest BCUT2D eigenvalue weighted by Gasteiger charge is -1.80. The predicted molar refractivity (Wildman–Crippen MR) is 53.5 cm³/mol. The molecule has 0 aromatic carbocycles. The van der Waals surface area contributed by atoms with Crippen molar-refractivity contribution in [1.82, 2.24) is 0 Å². The van der Waals surface area contributed by atoms with Crippen LogP contribution < -0.4 is 0 Å². The number of alkyl halides is 4. The third-order valence-electron chi connectivity index (χ3n) is 1.26. The van der Waals surface area contributed by atoms with Gasteiger partial charge in [-0.15, -0.1) is 23.2 Å². The van der Waals surface area contributed by atoms with E-state index in [4.69, 9.17) is 23.2 Å². The summed E-state index contributed by atoms with van der Waals surface area (Å²) in [5.74, 6) is 0. The van der Waals surface area contributed by atoms with Crippen LogP contribution >= 0.6 is 55.1 Å². The first kappa shape index (κ1) is 9.63. The zero-order chi connectivity index (χ0) is 7.83. The second kappa shape index (κ2) is 3.12. The van der Waals surface area contributed by atoms with E-state index in [1.807, 2.05) is 0 Å². The zero-order valence-corrected chi connectivity index (χ0v) is 10.0. The van der Waals surface area contributed by atoms with Gasteiger partial charge in [0, 0.05) is 0 Å². The van der Waals surface area contributed by atoms with E-state index >= 15 is 0 Å². The fourth-order valence-corrected chi connectivity index (χ4v) is 0.774. The molecule has 60 valence electrons. The van der Waals surface area contributed by atoms with Gasteiger partial charge in [0.2, 0.25) is 0 Å². The van der Waals surface area contributed by atoms with Gasteiger partial charge in [-0.1, -0.05) is 31.9 Å². The molecule has 0 N–H and O–H groups in total. The molecular formula is C6H8Br2Cl2. The van der Waals surface area contributed by atoms with Crippen LogP contribution in [-0.4, -0.2) is 7.57 Å². The maximum absolute atomic E-state index is 5.41. The van der Waals surface area contributed by atoms with E-state index in [-0.39, 0.29) is 4.33 Å². The Bertz CT molecular complexity index is 106. The van der Waals surface area contributed by atoms with Crippen LogP contribution in [0.4, 0.5) is 0 Å². The summed E-state index contributed by atoms with van der Waals surface area (Å²) >= 11 is 17.6.